The first kappa shape index (κ1) is 23.0. The van der Waals surface area contributed by atoms with Crippen molar-refractivity contribution in [2.24, 2.45) is 0 Å². The van der Waals surface area contributed by atoms with Gasteiger partial charge in [0.2, 0.25) is 6.54 Å². The summed E-state index contributed by atoms with van der Waals surface area (Å²) < 4.78 is 7.15. The average molecular weight is 460 g/mol. The molecule has 0 aliphatic heterocycles. The summed E-state index contributed by atoms with van der Waals surface area (Å²) in [6.45, 7) is 7.43. The van der Waals surface area contributed by atoms with Crippen LogP contribution < -0.4 is 15.1 Å². The van der Waals surface area contributed by atoms with Gasteiger partial charge in [-0.25, -0.2) is 9.59 Å². The first-order valence-electron chi connectivity index (χ1n) is 11.2. The van der Waals surface area contributed by atoms with E-state index in [0.717, 1.165) is 29.7 Å². The third-order valence-electron chi connectivity index (χ3n) is 6.00. The summed E-state index contributed by atoms with van der Waals surface area (Å²) in [7, 11) is 0. The Bertz CT molecular complexity index is 1480. The van der Waals surface area contributed by atoms with E-state index in [9.17, 15) is 19.8 Å². The molecule has 2 aromatic carbocycles. The third kappa shape index (κ3) is 4.37. The number of hydrogen-bond donors (Lipinski definition) is 2. The Hall–Kier alpha value is -4.13. The Morgan fingerprint density at radius 2 is 1.88 bits per heavy atom. The number of carbonyl (C=O) groups is 1. The van der Waals surface area contributed by atoms with Crippen LogP contribution in [0.15, 0.2) is 63.9 Å². The largest absolute Gasteiger partial charge is 0.502 e. The summed E-state index contributed by atoms with van der Waals surface area (Å²) in [6, 6.07) is 14.5. The fraction of sp³-hybridized carbons (Fsp3) is 0.222. The Kier molecular flexibility index (Phi) is 6.36. The zero-order chi connectivity index (χ0) is 24.4. The molecule has 4 aromatic rings. The summed E-state index contributed by atoms with van der Waals surface area (Å²) in [5.74, 6) is -1.02. The molecular weight excluding hydrogens is 432 g/mol. The number of aliphatic carboxylic acids is 1. The molecule has 2 heterocycles. The Balaban J connectivity index is 1.80. The molecule has 7 nitrogen and oxygen atoms in total. The van der Waals surface area contributed by atoms with Gasteiger partial charge in [-0.1, -0.05) is 12.1 Å². The van der Waals surface area contributed by atoms with Crippen LogP contribution in [0.2, 0.25) is 0 Å². The molecule has 4 rings (SSSR count). The number of pyridine rings is 1. The van der Waals surface area contributed by atoms with Gasteiger partial charge in [0.1, 0.15) is 5.58 Å². The SMILES string of the molecule is CCN(CC)c1ccc2cc(/C(C)=C/c3cc[n+](CC(=O)O)c4c(O)cccc34)c(=O)oc2c1. The molecule has 0 unspecified atom stereocenters. The van der Waals surface area contributed by atoms with Crippen molar-refractivity contribution in [2.75, 3.05) is 18.0 Å². The summed E-state index contributed by atoms with van der Waals surface area (Å²) in [4.78, 5) is 26.3. The number of fused-ring (bicyclic) bond motifs is 2. The van der Waals surface area contributed by atoms with Crippen LogP contribution in [0.3, 0.4) is 0 Å². The van der Waals surface area contributed by atoms with E-state index in [0.29, 0.717) is 27.6 Å². The van der Waals surface area contributed by atoms with Crippen molar-refractivity contribution >= 4 is 45.2 Å². The molecule has 0 radical (unpaired) electrons. The predicted molar refractivity (Wildman–Crippen MR) is 133 cm³/mol. The number of aromatic nitrogens is 1. The molecule has 0 bridgehead atoms. The lowest BCUT2D eigenvalue weighted by atomic mass is 10.0. The van der Waals surface area contributed by atoms with Gasteiger partial charge in [0, 0.05) is 36.3 Å². The second kappa shape index (κ2) is 9.39. The fourth-order valence-electron chi connectivity index (χ4n) is 4.28. The van der Waals surface area contributed by atoms with Crippen LogP contribution in [-0.2, 0) is 11.3 Å². The van der Waals surface area contributed by atoms with Gasteiger partial charge in [-0.2, -0.15) is 4.57 Å². The molecule has 34 heavy (non-hydrogen) atoms. The minimum absolute atomic E-state index is 0.0131. The van der Waals surface area contributed by atoms with Crippen molar-refractivity contribution in [2.45, 2.75) is 27.3 Å². The van der Waals surface area contributed by atoms with Crippen LogP contribution in [0.25, 0.3) is 33.5 Å². The Morgan fingerprint density at radius 3 is 2.59 bits per heavy atom. The molecule has 7 heteroatoms. The highest BCUT2D eigenvalue weighted by molar-refractivity contribution is 5.95. The van der Waals surface area contributed by atoms with Crippen molar-refractivity contribution in [1.29, 1.82) is 0 Å². The van der Waals surface area contributed by atoms with Crippen LogP contribution in [-0.4, -0.2) is 29.3 Å². The molecule has 0 amide bonds. The van der Waals surface area contributed by atoms with E-state index < -0.39 is 11.6 Å². The second-order valence-corrected chi connectivity index (χ2v) is 8.14. The zero-order valence-electron chi connectivity index (χ0n) is 19.4. The number of anilines is 1. The van der Waals surface area contributed by atoms with Crippen LogP contribution in [0, 0.1) is 0 Å². The van der Waals surface area contributed by atoms with E-state index in [2.05, 4.69) is 18.7 Å². The minimum atomic E-state index is -1.01. The van der Waals surface area contributed by atoms with Crippen molar-refractivity contribution in [3.05, 3.63) is 76.3 Å². The molecule has 2 aromatic heterocycles. The van der Waals surface area contributed by atoms with Gasteiger partial charge in [0.05, 0.1) is 10.9 Å². The van der Waals surface area contributed by atoms with Gasteiger partial charge >= 0.3 is 11.6 Å². The normalized spacial score (nSPS) is 11.8. The third-order valence-corrected chi connectivity index (χ3v) is 6.00. The maximum atomic E-state index is 12.8. The van der Waals surface area contributed by atoms with Gasteiger partial charge in [0.15, 0.2) is 11.9 Å². The molecule has 174 valence electrons. The van der Waals surface area contributed by atoms with Gasteiger partial charge < -0.3 is 19.5 Å². The van der Waals surface area contributed by atoms with Crippen molar-refractivity contribution in [3.8, 4) is 5.75 Å². The number of phenolic OH excluding ortho intramolecular Hbond substituents is 1. The second-order valence-electron chi connectivity index (χ2n) is 8.14. The van der Waals surface area contributed by atoms with Crippen molar-refractivity contribution in [3.63, 3.8) is 0 Å². The molecular formula is C27H27N2O5+. The van der Waals surface area contributed by atoms with Gasteiger partial charge in [0.25, 0.3) is 5.52 Å². The highest BCUT2D eigenvalue weighted by Crippen LogP contribution is 2.28. The molecule has 0 spiro atoms. The average Bonchev–Trinajstić information content (AvgIpc) is 2.80. The van der Waals surface area contributed by atoms with Crippen LogP contribution in [0.4, 0.5) is 5.69 Å². The smallest absolute Gasteiger partial charge is 0.370 e. The number of benzene rings is 2. The number of allylic oxidation sites excluding steroid dienone is 1. The molecule has 0 saturated carbocycles. The molecule has 0 aliphatic rings. The summed E-state index contributed by atoms with van der Waals surface area (Å²) >= 11 is 0. The van der Waals surface area contributed by atoms with E-state index in [1.54, 1.807) is 18.3 Å². The van der Waals surface area contributed by atoms with Crippen LogP contribution >= 0.6 is 0 Å². The van der Waals surface area contributed by atoms with E-state index in [-0.39, 0.29) is 12.3 Å². The van der Waals surface area contributed by atoms with Crippen molar-refractivity contribution < 1.29 is 24.0 Å². The molecule has 0 saturated heterocycles. The number of carboxylic acid groups (broad SMARTS) is 1. The topological polar surface area (TPSA) is 94.9 Å². The van der Waals surface area contributed by atoms with E-state index in [4.69, 9.17) is 4.42 Å². The summed E-state index contributed by atoms with van der Waals surface area (Å²) in [5, 5.41) is 21.1. The van der Waals surface area contributed by atoms with E-state index in [1.807, 2.05) is 43.3 Å². The first-order valence-corrected chi connectivity index (χ1v) is 11.2. The van der Waals surface area contributed by atoms with E-state index in [1.165, 1.54) is 10.6 Å². The number of aromatic hydroxyl groups is 1. The lowest BCUT2D eigenvalue weighted by Gasteiger charge is -2.21. The maximum Gasteiger partial charge on any atom is 0.370 e. The molecule has 0 aliphatic carbocycles. The quantitative estimate of drug-likeness (QED) is 0.314. The first-order chi connectivity index (χ1) is 16.3. The van der Waals surface area contributed by atoms with Gasteiger partial charge in [-0.05, 0) is 62.2 Å². The van der Waals surface area contributed by atoms with E-state index >= 15 is 0 Å². The highest BCUT2D eigenvalue weighted by Gasteiger charge is 2.19. The standard InChI is InChI=1S/C27H26N2O5/c1-4-28(5-2)20-10-9-19-14-22(27(33)34-24(19)15-20)17(3)13-18-11-12-29(16-25(31)32)26-21(18)7-6-8-23(26)30/h6-15H,4-5,16H2,1-3H3,(H-,30,31,32)/p+1. The number of nitrogens with zero attached hydrogens (tertiary/aromatic N) is 2. The Labute approximate surface area is 196 Å². The molecule has 2 N–H and O–H groups in total. The summed E-state index contributed by atoms with van der Waals surface area (Å²) in [6.07, 6.45) is 3.46. The minimum Gasteiger partial charge on any atom is -0.502 e. The number of rotatable bonds is 7. The zero-order valence-corrected chi connectivity index (χ0v) is 19.4. The molecule has 0 atom stereocenters. The Morgan fingerprint density at radius 1 is 1.12 bits per heavy atom. The van der Waals surface area contributed by atoms with Gasteiger partial charge in [-0.15, -0.1) is 0 Å². The number of para-hydroxylation sites is 1. The van der Waals surface area contributed by atoms with Crippen molar-refractivity contribution in [1.82, 2.24) is 0 Å². The fourth-order valence-corrected chi connectivity index (χ4v) is 4.28. The number of phenols is 1. The van der Waals surface area contributed by atoms with Crippen LogP contribution in [0.1, 0.15) is 31.9 Å². The lowest BCUT2D eigenvalue weighted by molar-refractivity contribution is -0.660. The number of hydrogen-bond acceptors (Lipinski definition) is 5. The monoisotopic (exact) mass is 459 g/mol. The lowest BCUT2D eigenvalue weighted by Crippen LogP contribution is -2.38. The van der Waals surface area contributed by atoms with Crippen LogP contribution in [0.5, 0.6) is 5.75 Å². The number of carboxylic acids is 1. The van der Waals surface area contributed by atoms with Gasteiger partial charge in [-0.3, -0.25) is 0 Å². The predicted octanol–water partition coefficient (Wildman–Crippen LogP) is 4.43. The maximum absolute atomic E-state index is 12.8. The molecule has 0 fully saturated rings. The highest BCUT2D eigenvalue weighted by atomic mass is 16.4. The summed E-state index contributed by atoms with van der Waals surface area (Å²) in [5.41, 5.74) is 3.42.